The largest absolute Gasteiger partial charge is 0.396 e. The van der Waals surface area contributed by atoms with E-state index in [1.165, 1.54) is 16.8 Å². The average Bonchev–Trinajstić information content (AvgIpc) is 2.50. The molecule has 0 spiro atoms. The van der Waals surface area contributed by atoms with Gasteiger partial charge in [-0.1, -0.05) is 25.1 Å². The van der Waals surface area contributed by atoms with Crippen LogP contribution in [0.25, 0.3) is 0 Å². The molecule has 1 unspecified atom stereocenters. The van der Waals surface area contributed by atoms with Gasteiger partial charge in [0.25, 0.3) is 0 Å². The minimum atomic E-state index is 0.229. The molecular formula is C11H15NO. The van der Waals surface area contributed by atoms with E-state index in [1.54, 1.807) is 0 Å². The smallest absolute Gasteiger partial charge is 0.0472 e. The summed E-state index contributed by atoms with van der Waals surface area (Å²) in [5.74, 6) is 0.605. The lowest BCUT2D eigenvalue weighted by atomic mass is 10.00. The lowest BCUT2D eigenvalue weighted by molar-refractivity contribution is 0.300. The normalized spacial score (nSPS) is 19.7. The summed E-state index contributed by atoms with van der Waals surface area (Å²) in [4.78, 5) is 0. The van der Waals surface area contributed by atoms with Crippen molar-refractivity contribution >= 4 is 5.69 Å². The van der Waals surface area contributed by atoms with Gasteiger partial charge < -0.3 is 10.4 Å². The summed E-state index contributed by atoms with van der Waals surface area (Å²) in [5.41, 5.74) is 3.89. The minimum Gasteiger partial charge on any atom is -0.396 e. The second kappa shape index (κ2) is 3.38. The molecule has 1 heterocycles. The molecule has 13 heavy (non-hydrogen) atoms. The third-order valence-corrected chi connectivity index (χ3v) is 2.68. The Labute approximate surface area is 78.6 Å². The molecule has 70 valence electrons. The Morgan fingerprint density at radius 2 is 2.38 bits per heavy atom. The van der Waals surface area contributed by atoms with Gasteiger partial charge in [-0.3, -0.25) is 0 Å². The van der Waals surface area contributed by atoms with Crippen molar-refractivity contribution in [1.82, 2.24) is 0 Å². The van der Waals surface area contributed by atoms with E-state index in [0.29, 0.717) is 5.92 Å². The highest BCUT2D eigenvalue weighted by molar-refractivity contribution is 5.62. The van der Waals surface area contributed by atoms with Crippen molar-refractivity contribution in [1.29, 1.82) is 0 Å². The molecule has 2 N–H and O–H groups in total. The topological polar surface area (TPSA) is 32.3 Å². The lowest BCUT2D eigenvalue weighted by Gasteiger charge is -2.07. The molecule has 1 atom stereocenters. The number of rotatable bonds is 2. The summed E-state index contributed by atoms with van der Waals surface area (Å²) in [5, 5.41) is 12.3. The van der Waals surface area contributed by atoms with Gasteiger partial charge >= 0.3 is 0 Å². The van der Waals surface area contributed by atoms with E-state index in [-0.39, 0.29) is 6.61 Å². The molecule has 2 rings (SSSR count). The number of para-hydroxylation sites is 1. The lowest BCUT2D eigenvalue weighted by Crippen LogP contribution is -1.98. The SMILES string of the molecule is CC1CNc2c(CCO)cccc21. The summed E-state index contributed by atoms with van der Waals surface area (Å²) in [6, 6.07) is 6.33. The number of nitrogens with one attached hydrogen (secondary N) is 1. The van der Waals surface area contributed by atoms with Crippen molar-refractivity contribution in [2.45, 2.75) is 19.3 Å². The third-order valence-electron chi connectivity index (χ3n) is 2.68. The van der Waals surface area contributed by atoms with Gasteiger partial charge in [0, 0.05) is 24.8 Å². The van der Waals surface area contributed by atoms with E-state index in [9.17, 15) is 0 Å². The van der Waals surface area contributed by atoms with Gasteiger partial charge in [-0.25, -0.2) is 0 Å². The molecular weight excluding hydrogens is 162 g/mol. The Morgan fingerprint density at radius 3 is 3.15 bits per heavy atom. The van der Waals surface area contributed by atoms with Crippen molar-refractivity contribution in [2.75, 3.05) is 18.5 Å². The van der Waals surface area contributed by atoms with Crippen molar-refractivity contribution in [3.8, 4) is 0 Å². The van der Waals surface area contributed by atoms with E-state index in [4.69, 9.17) is 5.11 Å². The summed E-state index contributed by atoms with van der Waals surface area (Å²) in [7, 11) is 0. The fourth-order valence-electron chi connectivity index (χ4n) is 1.94. The maximum Gasteiger partial charge on any atom is 0.0472 e. The van der Waals surface area contributed by atoms with Gasteiger partial charge in [0.05, 0.1) is 0 Å². The zero-order valence-corrected chi connectivity index (χ0v) is 7.88. The molecule has 0 amide bonds. The quantitative estimate of drug-likeness (QED) is 0.721. The molecule has 2 heteroatoms. The zero-order chi connectivity index (χ0) is 9.26. The van der Waals surface area contributed by atoms with Gasteiger partial charge in [-0.2, -0.15) is 0 Å². The molecule has 0 fully saturated rings. The standard InChI is InChI=1S/C11H15NO/c1-8-7-12-11-9(5-6-13)3-2-4-10(8)11/h2-4,8,12-13H,5-7H2,1H3. The van der Waals surface area contributed by atoms with Crippen LogP contribution in [0.3, 0.4) is 0 Å². The Bertz CT molecular complexity index is 309. The van der Waals surface area contributed by atoms with Crippen LogP contribution in [-0.2, 0) is 6.42 Å². The maximum atomic E-state index is 8.89. The summed E-state index contributed by atoms with van der Waals surface area (Å²) >= 11 is 0. The average molecular weight is 177 g/mol. The highest BCUT2D eigenvalue weighted by Gasteiger charge is 2.19. The van der Waals surface area contributed by atoms with Crippen LogP contribution in [0.2, 0.25) is 0 Å². The number of benzene rings is 1. The molecule has 1 aliphatic heterocycles. The van der Waals surface area contributed by atoms with Crippen molar-refractivity contribution in [2.24, 2.45) is 0 Å². The van der Waals surface area contributed by atoms with Gasteiger partial charge in [-0.15, -0.1) is 0 Å². The Balaban J connectivity index is 2.38. The molecule has 0 aliphatic carbocycles. The maximum absolute atomic E-state index is 8.89. The number of hydrogen-bond donors (Lipinski definition) is 2. The first kappa shape index (κ1) is 8.57. The van der Waals surface area contributed by atoms with Crippen molar-refractivity contribution in [3.63, 3.8) is 0 Å². The molecule has 0 saturated heterocycles. The Morgan fingerprint density at radius 1 is 1.54 bits per heavy atom. The predicted molar refractivity (Wildman–Crippen MR) is 54.1 cm³/mol. The van der Waals surface area contributed by atoms with Crippen molar-refractivity contribution < 1.29 is 5.11 Å². The molecule has 0 saturated carbocycles. The number of aliphatic hydroxyl groups excluding tert-OH is 1. The fourth-order valence-corrected chi connectivity index (χ4v) is 1.94. The minimum absolute atomic E-state index is 0.229. The molecule has 1 aromatic rings. The monoisotopic (exact) mass is 177 g/mol. The number of hydrogen-bond acceptors (Lipinski definition) is 2. The second-order valence-electron chi connectivity index (χ2n) is 3.64. The van der Waals surface area contributed by atoms with E-state index >= 15 is 0 Å². The number of anilines is 1. The Kier molecular flexibility index (Phi) is 2.23. The number of fused-ring (bicyclic) bond motifs is 1. The predicted octanol–water partition coefficient (Wildman–Crippen LogP) is 1.75. The highest BCUT2D eigenvalue weighted by Crippen LogP contribution is 2.33. The van der Waals surface area contributed by atoms with E-state index in [2.05, 4.69) is 30.4 Å². The van der Waals surface area contributed by atoms with Crippen LogP contribution in [0.15, 0.2) is 18.2 Å². The van der Waals surface area contributed by atoms with Crippen LogP contribution in [0.1, 0.15) is 24.0 Å². The molecule has 0 bridgehead atoms. The third kappa shape index (κ3) is 1.42. The first-order valence-corrected chi connectivity index (χ1v) is 4.79. The summed E-state index contributed by atoms with van der Waals surface area (Å²) in [6.07, 6.45) is 0.753. The Hall–Kier alpha value is -1.02. The van der Waals surface area contributed by atoms with Gasteiger partial charge in [0.2, 0.25) is 0 Å². The van der Waals surface area contributed by atoms with Gasteiger partial charge in [0.1, 0.15) is 0 Å². The second-order valence-corrected chi connectivity index (χ2v) is 3.64. The first-order valence-electron chi connectivity index (χ1n) is 4.79. The van der Waals surface area contributed by atoms with Crippen LogP contribution in [0, 0.1) is 0 Å². The van der Waals surface area contributed by atoms with Gasteiger partial charge in [-0.05, 0) is 17.5 Å². The van der Waals surface area contributed by atoms with Crippen molar-refractivity contribution in [3.05, 3.63) is 29.3 Å². The molecule has 0 radical (unpaired) electrons. The zero-order valence-electron chi connectivity index (χ0n) is 7.88. The van der Waals surface area contributed by atoms with Crippen LogP contribution in [-0.4, -0.2) is 18.3 Å². The van der Waals surface area contributed by atoms with Crippen LogP contribution < -0.4 is 5.32 Å². The highest BCUT2D eigenvalue weighted by atomic mass is 16.2. The fraction of sp³-hybridized carbons (Fsp3) is 0.455. The van der Waals surface area contributed by atoms with Crippen LogP contribution >= 0.6 is 0 Å². The summed E-state index contributed by atoms with van der Waals surface area (Å²) < 4.78 is 0. The summed E-state index contributed by atoms with van der Waals surface area (Å²) in [6.45, 7) is 3.48. The first-order chi connectivity index (χ1) is 6.33. The van der Waals surface area contributed by atoms with E-state index in [0.717, 1.165) is 13.0 Å². The molecule has 1 aliphatic rings. The molecule has 2 nitrogen and oxygen atoms in total. The molecule has 0 aromatic heterocycles. The van der Waals surface area contributed by atoms with Gasteiger partial charge in [0.15, 0.2) is 0 Å². The number of aliphatic hydroxyl groups is 1. The molecule has 1 aromatic carbocycles. The van der Waals surface area contributed by atoms with Crippen LogP contribution in [0.4, 0.5) is 5.69 Å². The van der Waals surface area contributed by atoms with Crippen LogP contribution in [0.5, 0.6) is 0 Å². The van der Waals surface area contributed by atoms with E-state index < -0.39 is 0 Å². The van der Waals surface area contributed by atoms with E-state index in [1.807, 2.05) is 0 Å².